The van der Waals surface area contributed by atoms with Crippen molar-refractivity contribution in [1.29, 1.82) is 5.41 Å². The molecule has 0 saturated carbocycles. The van der Waals surface area contributed by atoms with Crippen LogP contribution in [0.3, 0.4) is 0 Å². The van der Waals surface area contributed by atoms with Gasteiger partial charge in [0, 0.05) is 19.1 Å². The zero-order chi connectivity index (χ0) is 15.2. The van der Waals surface area contributed by atoms with E-state index in [1.807, 2.05) is 18.2 Å². The van der Waals surface area contributed by atoms with Gasteiger partial charge in [-0.1, -0.05) is 37.3 Å². The van der Waals surface area contributed by atoms with E-state index in [0.29, 0.717) is 6.04 Å². The average Bonchev–Trinajstić information content (AvgIpc) is 2.92. The number of benzene rings is 1. The molecule has 1 heterocycles. The second-order valence-corrected chi connectivity index (χ2v) is 6.06. The number of hydrogen-bond donors (Lipinski definition) is 2. The molecule has 1 aliphatic heterocycles. The molecule has 1 aliphatic rings. The van der Waals surface area contributed by atoms with Crippen LogP contribution in [-0.2, 0) is 0 Å². The van der Waals surface area contributed by atoms with E-state index in [-0.39, 0.29) is 11.8 Å². The third-order valence-corrected chi connectivity index (χ3v) is 4.50. The van der Waals surface area contributed by atoms with Gasteiger partial charge in [0.1, 0.15) is 0 Å². The largest absolute Gasteiger partial charge is 0.387 e. The molecule has 21 heavy (non-hydrogen) atoms. The molecule has 4 heteroatoms. The minimum absolute atomic E-state index is 0.00678. The number of rotatable bonds is 7. The minimum Gasteiger partial charge on any atom is -0.387 e. The van der Waals surface area contributed by atoms with Crippen LogP contribution >= 0.6 is 0 Å². The summed E-state index contributed by atoms with van der Waals surface area (Å²) in [5.74, 6) is 0.250. The lowest BCUT2D eigenvalue weighted by Gasteiger charge is -2.30. The van der Waals surface area contributed by atoms with Gasteiger partial charge in [-0.3, -0.25) is 10.3 Å². The standard InChI is InChI=1S/C17H28N4/c1-3-21-11-7-10-15(21)12-20(2)13-16(17(18)19)14-8-5-4-6-9-14/h4-6,8-9,15-16H,3,7,10-13H2,1-2H3,(H3,18,19). The second kappa shape index (κ2) is 7.57. The third-order valence-electron chi connectivity index (χ3n) is 4.50. The summed E-state index contributed by atoms with van der Waals surface area (Å²) < 4.78 is 0. The number of likely N-dealkylation sites (N-methyl/N-ethyl adjacent to an activating group) is 2. The second-order valence-electron chi connectivity index (χ2n) is 6.06. The van der Waals surface area contributed by atoms with Crippen LogP contribution in [0.2, 0.25) is 0 Å². The van der Waals surface area contributed by atoms with Crippen molar-refractivity contribution in [3.05, 3.63) is 35.9 Å². The van der Waals surface area contributed by atoms with Gasteiger partial charge in [0.2, 0.25) is 0 Å². The smallest absolute Gasteiger partial charge is 0.0995 e. The number of nitrogens with two attached hydrogens (primary N) is 1. The minimum atomic E-state index is -0.00678. The normalized spacial score (nSPS) is 20.8. The van der Waals surface area contributed by atoms with Crippen LogP contribution in [0.15, 0.2) is 30.3 Å². The fraction of sp³-hybridized carbons (Fsp3) is 0.588. The number of hydrogen-bond acceptors (Lipinski definition) is 3. The monoisotopic (exact) mass is 288 g/mol. The summed E-state index contributed by atoms with van der Waals surface area (Å²) in [4.78, 5) is 4.89. The van der Waals surface area contributed by atoms with Gasteiger partial charge in [-0.2, -0.15) is 0 Å². The van der Waals surface area contributed by atoms with Gasteiger partial charge in [0.05, 0.1) is 11.8 Å². The Morgan fingerprint density at radius 1 is 1.43 bits per heavy atom. The van der Waals surface area contributed by atoms with Crippen LogP contribution in [-0.4, -0.2) is 54.9 Å². The zero-order valence-corrected chi connectivity index (χ0v) is 13.3. The van der Waals surface area contributed by atoms with Gasteiger partial charge in [-0.25, -0.2) is 0 Å². The summed E-state index contributed by atoms with van der Waals surface area (Å²) in [5, 5.41) is 7.88. The Balaban J connectivity index is 1.96. The fourth-order valence-corrected chi connectivity index (χ4v) is 3.33. The quantitative estimate of drug-likeness (QED) is 0.597. The first kappa shape index (κ1) is 16.0. The first-order chi connectivity index (χ1) is 10.1. The lowest BCUT2D eigenvalue weighted by Crippen LogP contribution is -2.41. The van der Waals surface area contributed by atoms with Crippen molar-refractivity contribution >= 4 is 5.84 Å². The summed E-state index contributed by atoms with van der Waals surface area (Å²) in [6.45, 7) is 6.47. The van der Waals surface area contributed by atoms with Crippen molar-refractivity contribution in [2.24, 2.45) is 5.73 Å². The highest BCUT2D eigenvalue weighted by Crippen LogP contribution is 2.20. The number of nitrogens with zero attached hydrogens (tertiary/aromatic N) is 2. The molecule has 116 valence electrons. The van der Waals surface area contributed by atoms with Gasteiger partial charge in [-0.15, -0.1) is 0 Å². The van der Waals surface area contributed by atoms with E-state index in [1.54, 1.807) is 0 Å². The van der Waals surface area contributed by atoms with Crippen LogP contribution in [0.5, 0.6) is 0 Å². The topological polar surface area (TPSA) is 56.4 Å². The van der Waals surface area contributed by atoms with Crippen LogP contribution < -0.4 is 5.73 Å². The molecule has 0 spiro atoms. The van der Waals surface area contributed by atoms with Crippen molar-refractivity contribution in [1.82, 2.24) is 9.80 Å². The van der Waals surface area contributed by atoms with Crippen LogP contribution in [0.25, 0.3) is 0 Å². The molecule has 1 aromatic rings. The summed E-state index contributed by atoms with van der Waals surface area (Å²) >= 11 is 0. The van der Waals surface area contributed by atoms with E-state index in [4.69, 9.17) is 11.1 Å². The molecule has 2 unspecified atom stereocenters. The Kier molecular flexibility index (Phi) is 5.76. The van der Waals surface area contributed by atoms with Crippen LogP contribution in [0.4, 0.5) is 0 Å². The Hall–Kier alpha value is -1.39. The molecular weight excluding hydrogens is 260 g/mol. The Morgan fingerprint density at radius 2 is 2.14 bits per heavy atom. The van der Waals surface area contributed by atoms with Crippen molar-refractivity contribution in [2.45, 2.75) is 31.7 Å². The molecule has 2 rings (SSSR count). The molecular formula is C17H28N4. The van der Waals surface area contributed by atoms with E-state index in [9.17, 15) is 0 Å². The number of nitrogens with one attached hydrogen (secondary N) is 1. The lowest BCUT2D eigenvalue weighted by atomic mass is 9.97. The molecule has 1 saturated heterocycles. The fourth-order valence-electron chi connectivity index (χ4n) is 3.33. The maximum atomic E-state index is 7.88. The van der Waals surface area contributed by atoms with Gasteiger partial charge < -0.3 is 10.6 Å². The number of amidine groups is 1. The Labute approximate surface area is 128 Å². The maximum Gasteiger partial charge on any atom is 0.0995 e. The highest BCUT2D eigenvalue weighted by Gasteiger charge is 2.25. The lowest BCUT2D eigenvalue weighted by molar-refractivity contribution is 0.197. The zero-order valence-electron chi connectivity index (χ0n) is 13.3. The molecule has 0 aliphatic carbocycles. The summed E-state index contributed by atoms with van der Waals surface area (Å²) in [6, 6.07) is 10.8. The van der Waals surface area contributed by atoms with E-state index in [2.05, 4.69) is 35.9 Å². The van der Waals surface area contributed by atoms with Crippen molar-refractivity contribution in [3.63, 3.8) is 0 Å². The summed E-state index contributed by atoms with van der Waals surface area (Å²) in [7, 11) is 2.14. The van der Waals surface area contributed by atoms with Gasteiger partial charge in [0.15, 0.2) is 0 Å². The van der Waals surface area contributed by atoms with E-state index >= 15 is 0 Å². The molecule has 0 radical (unpaired) electrons. The average molecular weight is 288 g/mol. The van der Waals surface area contributed by atoms with Crippen molar-refractivity contribution in [3.8, 4) is 0 Å². The third kappa shape index (κ3) is 4.29. The number of likely N-dealkylation sites (tertiary alicyclic amines) is 1. The van der Waals surface area contributed by atoms with E-state index < -0.39 is 0 Å². The van der Waals surface area contributed by atoms with E-state index in [1.165, 1.54) is 19.4 Å². The molecule has 0 bridgehead atoms. The molecule has 3 N–H and O–H groups in total. The molecule has 2 atom stereocenters. The van der Waals surface area contributed by atoms with E-state index in [0.717, 1.165) is 25.2 Å². The summed E-state index contributed by atoms with van der Waals surface area (Å²) in [5.41, 5.74) is 6.96. The first-order valence-corrected chi connectivity index (χ1v) is 7.93. The van der Waals surface area contributed by atoms with Crippen molar-refractivity contribution in [2.75, 3.05) is 33.2 Å². The SMILES string of the molecule is CCN1CCCC1CN(C)CC(C(=N)N)c1ccccc1. The molecule has 0 amide bonds. The predicted octanol–water partition coefficient (Wildman–Crippen LogP) is 2.12. The first-order valence-electron chi connectivity index (χ1n) is 7.93. The maximum absolute atomic E-state index is 7.88. The molecule has 0 aromatic heterocycles. The Bertz CT molecular complexity index is 445. The summed E-state index contributed by atoms with van der Waals surface area (Å²) in [6.07, 6.45) is 2.59. The van der Waals surface area contributed by atoms with Crippen LogP contribution in [0.1, 0.15) is 31.2 Å². The van der Waals surface area contributed by atoms with Gasteiger partial charge in [-0.05, 0) is 38.5 Å². The highest BCUT2D eigenvalue weighted by atomic mass is 15.2. The molecule has 1 aromatic carbocycles. The van der Waals surface area contributed by atoms with Gasteiger partial charge >= 0.3 is 0 Å². The molecule has 4 nitrogen and oxygen atoms in total. The van der Waals surface area contributed by atoms with Gasteiger partial charge in [0.25, 0.3) is 0 Å². The highest BCUT2D eigenvalue weighted by molar-refractivity contribution is 5.84. The van der Waals surface area contributed by atoms with Crippen LogP contribution in [0, 0.1) is 5.41 Å². The van der Waals surface area contributed by atoms with Crippen molar-refractivity contribution < 1.29 is 0 Å². The predicted molar refractivity (Wildman–Crippen MR) is 88.9 cm³/mol. The Morgan fingerprint density at radius 3 is 2.76 bits per heavy atom. The molecule has 1 fully saturated rings.